The van der Waals surface area contributed by atoms with Gasteiger partial charge >= 0.3 is 0 Å². The zero-order valence-electron chi connectivity index (χ0n) is 9.56. The van der Waals surface area contributed by atoms with E-state index in [4.69, 9.17) is 17.4 Å². The molecule has 3 N–H and O–H groups in total. The number of rotatable bonds is 4. The number of thioether (sulfide) groups is 2. The molecule has 0 spiro atoms. The first-order valence-corrected chi connectivity index (χ1v) is 8.27. The van der Waals surface area contributed by atoms with Crippen LogP contribution in [0.3, 0.4) is 0 Å². The summed E-state index contributed by atoms with van der Waals surface area (Å²) in [5, 5.41) is 1.39. The molecule has 0 saturated carbocycles. The second-order valence-corrected chi connectivity index (χ2v) is 7.02. The molecule has 2 nitrogen and oxygen atoms in total. The van der Waals surface area contributed by atoms with Gasteiger partial charge in [0.25, 0.3) is 0 Å². The van der Waals surface area contributed by atoms with Crippen molar-refractivity contribution < 1.29 is 0 Å². The third-order valence-corrected chi connectivity index (χ3v) is 6.05. The van der Waals surface area contributed by atoms with Gasteiger partial charge < -0.3 is 0 Å². The summed E-state index contributed by atoms with van der Waals surface area (Å²) in [4.78, 5) is 0. The van der Waals surface area contributed by atoms with E-state index < -0.39 is 0 Å². The fourth-order valence-corrected chi connectivity index (χ4v) is 4.91. The van der Waals surface area contributed by atoms with Crippen LogP contribution in [0.4, 0.5) is 0 Å². The Kier molecular flexibility index (Phi) is 5.50. The Labute approximate surface area is 116 Å². The van der Waals surface area contributed by atoms with Crippen molar-refractivity contribution in [3.05, 3.63) is 34.9 Å². The van der Waals surface area contributed by atoms with Crippen LogP contribution in [0.25, 0.3) is 0 Å². The lowest BCUT2D eigenvalue weighted by Gasteiger charge is -2.29. The first-order valence-electron chi connectivity index (χ1n) is 5.69. The van der Waals surface area contributed by atoms with Crippen LogP contribution < -0.4 is 11.3 Å². The fourth-order valence-electron chi connectivity index (χ4n) is 1.91. The average Bonchev–Trinajstić information content (AvgIpc) is 2.39. The minimum absolute atomic E-state index is 0.342. The van der Waals surface area contributed by atoms with E-state index in [0.29, 0.717) is 11.3 Å². The number of nitrogens with two attached hydrogens (primary N) is 1. The first kappa shape index (κ1) is 13.6. The Morgan fingerprint density at radius 2 is 2.12 bits per heavy atom. The SMILES string of the molecule is NNC(Cc1ccc(Cl)cc1)C1CSCCS1. The predicted octanol–water partition coefficient (Wildman–Crippen LogP) is 2.56. The van der Waals surface area contributed by atoms with Gasteiger partial charge in [0.05, 0.1) is 0 Å². The topological polar surface area (TPSA) is 38.0 Å². The molecule has 0 aliphatic carbocycles. The minimum Gasteiger partial charge on any atom is -0.271 e. The maximum atomic E-state index is 5.88. The summed E-state index contributed by atoms with van der Waals surface area (Å²) in [7, 11) is 0. The van der Waals surface area contributed by atoms with Crippen LogP contribution in [-0.4, -0.2) is 28.6 Å². The van der Waals surface area contributed by atoms with Crippen LogP contribution in [0.1, 0.15) is 5.56 Å². The van der Waals surface area contributed by atoms with E-state index in [2.05, 4.69) is 17.6 Å². The lowest BCUT2D eigenvalue weighted by Crippen LogP contribution is -2.46. The standard InChI is InChI=1S/C12H17ClN2S2/c13-10-3-1-9(2-4-10)7-11(15-14)12-8-16-5-6-17-12/h1-4,11-12,15H,5-8,14H2. The highest BCUT2D eigenvalue weighted by Gasteiger charge is 2.23. The van der Waals surface area contributed by atoms with Crippen molar-refractivity contribution in [2.45, 2.75) is 17.7 Å². The fraction of sp³-hybridized carbons (Fsp3) is 0.500. The molecule has 0 amide bonds. The molecule has 1 aliphatic heterocycles. The predicted molar refractivity (Wildman–Crippen MR) is 79.8 cm³/mol. The van der Waals surface area contributed by atoms with Crippen molar-refractivity contribution in [2.24, 2.45) is 5.84 Å². The molecule has 94 valence electrons. The van der Waals surface area contributed by atoms with Crippen molar-refractivity contribution in [3.8, 4) is 0 Å². The molecule has 1 saturated heterocycles. The molecule has 1 aliphatic rings. The normalized spacial score (nSPS) is 22.4. The van der Waals surface area contributed by atoms with Gasteiger partial charge in [0.2, 0.25) is 0 Å². The van der Waals surface area contributed by atoms with Gasteiger partial charge in [0.15, 0.2) is 0 Å². The second-order valence-electron chi connectivity index (χ2n) is 4.09. The highest BCUT2D eigenvalue weighted by atomic mass is 35.5. The molecule has 0 bridgehead atoms. The highest BCUT2D eigenvalue weighted by molar-refractivity contribution is 8.06. The lowest BCUT2D eigenvalue weighted by atomic mass is 10.0. The van der Waals surface area contributed by atoms with Gasteiger partial charge in [-0.05, 0) is 24.1 Å². The number of hydrogen-bond donors (Lipinski definition) is 2. The van der Waals surface area contributed by atoms with Crippen LogP contribution in [-0.2, 0) is 6.42 Å². The van der Waals surface area contributed by atoms with Crippen molar-refractivity contribution >= 4 is 35.1 Å². The summed E-state index contributed by atoms with van der Waals surface area (Å²) in [5.41, 5.74) is 4.25. The van der Waals surface area contributed by atoms with Crippen molar-refractivity contribution in [1.82, 2.24) is 5.43 Å². The molecule has 1 fully saturated rings. The number of benzene rings is 1. The molecule has 2 rings (SSSR count). The Morgan fingerprint density at radius 1 is 1.35 bits per heavy atom. The van der Waals surface area contributed by atoms with E-state index in [1.807, 2.05) is 35.7 Å². The summed E-state index contributed by atoms with van der Waals surface area (Å²) in [5.74, 6) is 9.36. The summed E-state index contributed by atoms with van der Waals surface area (Å²) in [6, 6.07) is 8.37. The van der Waals surface area contributed by atoms with Crippen molar-refractivity contribution in [1.29, 1.82) is 0 Å². The molecule has 1 aromatic rings. The number of hydrazine groups is 1. The Bertz CT molecular complexity index is 339. The largest absolute Gasteiger partial charge is 0.271 e. The maximum Gasteiger partial charge on any atom is 0.0406 e. The molecule has 1 aromatic carbocycles. The third kappa shape index (κ3) is 4.07. The molecule has 1 heterocycles. The zero-order valence-corrected chi connectivity index (χ0v) is 12.0. The molecular weight excluding hydrogens is 272 g/mol. The summed E-state index contributed by atoms with van der Waals surface area (Å²) < 4.78 is 0. The molecule has 17 heavy (non-hydrogen) atoms. The minimum atomic E-state index is 0.342. The molecule has 2 atom stereocenters. The molecule has 5 heteroatoms. The van der Waals surface area contributed by atoms with Gasteiger partial charge in [-0.15, -0.1) is 0 Å². The van der Waals surface area contributed by atoms with Crippen molar-refractivity contribution in [3.63, 3.8) is 0 Å². The van der Waals surface area contributed by atoms with Gasteiger partial charge in [-0.25, -0.2) is 0 Å². The monoisotopic (exact) mass is 288 g/mol. The van der Waals surface area contributed by atoms with E-state index in [0.717, 1.165) is 11.4 Å². The van der Waals surface area contributed by atoms with E-state index >= 15 is 0 Å². The summed E-state index contributed by atoms with van der Waals surface area (Å²) in [6.45, 7) is 0. The zero-order chi connectivity index (χ0) is 12.1. The maximum absolute atomic E-state index is 5.88. The molecule has 0 aromatic heterocycles. The number of halogens is 1. The molecule has 2 unspecified atom stereocenters. The van der Waals surface area contributed by atoms with Gasteiger partial charge in [0, 0.05) is 33.6 Å². The summed E-state index contributed by atoms with van der Waals surface area (Å²) in [6.07, 6.45) is 0.964. The van der Waals surface area contributed by atoms with Crippen LogP contribution in [0, 0.1) is 0 Å². The van der Waals surface area contributed by atoms with Gasteiger partial charge in [-0.2, -0.15) is 23.5 Å². The third-order valence-electron chi connectivity index (χ3n) is 2.87. The van der Waals surface area contributed by atoms with E-state index in [1.165, 1.54) is 22.8 Å². The van der Waals surface area contributed by atoms with E-state index in [1.54, 1.807) is 0 Å². The Morgan fingerprint density at radius 3 is 2.71 bits per heavy atom. The van der Waals surface area contributed by atoms with Crippen LogP contribution in [0.15, 0.2) is 24.3 Å². The Balaban J connectivity index is 1.96. The quantitative estimate of drug-likeness (QED) is 0.660. The average molecular weight is 289 g/mol. The van der Waals surface area contributed by atoms with Crippen LogP contribution >= 0.6 is 35.1 Å². The first-order chi connectivity index (χ1) is 8.29. The summed E-state index contributed by atoms with van der Waals surface area (Å²) >= 11 is 9.93. The number of hydrogen-bond acceptors (Lipinski definition) is 4. The van der Waals surface area contributed by atoms with E-state index in [9.17, 15) is 0 Å². The second kappa shape index (κ2) is 6.90. The molecule has 0 radical (unpaired) electrons. The van der Waals surface area contributed by atoms with E-state index in [-0.39, 0.29) is 0 Å². The Hall–Kier alpha value is 0.130. The highest BCUT2D eigenvalue weighted by Crippen LogP contribution is 2.27. The van der Waals surface area contributed by atoms with Crippen LogP contribution in [0.5, 0.6) is 0 Å². The van der Waals surface area contributed by atoms with Gasteiger partial charge in [-0.3, -0.25) is 11.3 Å². The van der Waals surface area contributed by atoms with Gasteiger partial charge in [0.1, 0.15) is 0 Å². The van der Waals surface area contributed by atoms with Crippen molar-refractivity contribution in [2.75, 3.05) is 17.3 Å². The van der Waals surface area contributed by atoms with Crippen LogP contribution in [0.2, 0.25) is 5.02 Å². The number of nitrogens with one attached hydrogen (secondary N) is 1. The smallest absolute Gasteiger partial charge is 0.0406 e. The van der Waals surface area contributed by atoms with Gasteiger partial charge in [-0.1, -0.05) is 23.7 Å². The lowest BCUT2D eigenvalue weighted by molar-refractivity contribution is 0.523. The molecular formula is C12H17ClN2S2.